The summed E-state index contributed by atoms with van der Waals surface area (Å²) in [7, 11) is 3.19. The van der Waals surface area contributed by atoms with Crippen molar-refractivity contribution in [3.8, 4) is 11.5 Å². The van der Waals surface area contributed by atoms with E-state index >= 15 is 0 Å². The molecule has 0 saturated carbocycles. The smallest absolute Gasteiger partial charge is 0.310 e. The van der Waals surface area contributed by atoms with Gasteiger partial charge in [0.1, 0.15) is 17.1 Å². The normalized spacial score (nSPS) is 10.9. The van der Waals surface area contributed by atoms with Gasteiger partial charge in [-0.1, -0.05) is 36.4 Å². The van der Waals surface area contributed by atoms with E-state index in [0.717, 1.165) is 27.6 Å². The maximum atomic E-state index is 12.7. The molecule has 7 nitrogen and oxygen atoms in total. The molecule has 0 aliphatic heterocycles. The van der Waals surface area contributed by atoms with E-state index < -0.39 is 24.5 Å². The highest BCUT2D eigenvalue weighted by Gasteiger charge is 2.19. The maximum absolute atomic E-state index is 12.7. The molecule has 0 bridgehead atoms. The first-order chi connectivity index (χ1) is 17.0. The Morgan fingerprint density at radius 3 is 2.06 bits per heavy atom. The van der Waals surface area contributed by atoms with Crippen LogP contribution >= 0.6 is 0 Å². The van der Waals surface area contributed by atoms with Crippen LogP contribution in [-0.2, 0) is 20.7 Å². The van der Waals surface area contributed by atoms with Crippen molar-refractivity contribution < 1.29 is 28.2 Å². The number of hydrogen-bond acceptors (Lipinski definition) is 6. The quantitative estimate of drug-likeness (QED) is 0.353. The molecule has 4 aromatic rings. The van der Waals surface area contributed by atoms with Gasteiger partial charge in [0.25, 0.3) is 5.91 Å². The van der Waals surface area contributed by atoms with Crippen LogP contribution < -0.4 is 14.8 Å². The van der Waals surface area contributed by atoms with E-state index in [2.05, 4.69) is 5.32 Å². The van der Waals surface area contributed by atoms with Crippen molar-refractivity contribution in [2.75, 3.05) is 20.8 Å². The lowest BCUT2D eigenvalue weighted by Crippen LogP contribution is -2.33. The predicted octanol–water partition coefficient (Wildman–Crippen LogP) is 4.75. The van der Waals surface area contributed by atoms with Gasteiger partial charge >= 0.3 is 5.97 Å². The molecule has 0 radical (unpaired) electrons. The summed E-state index contributed by atoms with van der Waals surface area (Å²) in [6, 6.07) is 20.2. The second-order valence-corrected chi connectivity index (χ2v) is 8.14. The number of rotatable bonds is 9. The number of esters is 1. The third-order valence-electron chi connectivity index (χ3n) is 5.71. The van der Waals surface area contributed by atoms with Gasteiger partial charge in [0.2, 0.25) is 0 Å². The first-order valence-corrected chi connectivity index (χ1v) is 11.2. The molecule has 0 aliphatic carbocycles. The predicted molar refractivity (Wildman–Crippen MR) is 132 cm³/mol. The molecule has 0 saturated heterocycles. The number of carbonyl (C=O) groups excluding carboxylic acids is 2. The molecule has 1 aromatic heterocycles. The third kappa shape index (κ3) is 5.81. The van der Waals surface area contributed by atoms with Gasteiger partial charge < -0.3 is 23.9 Å². The van der Waals surface area contributed by atoms with Crippen molar-refractivity contribution >= 4 is 22.8 Å². The monoisotopic (exact) mass is 473 g/mol. The SMILES string of the molecule is COc1ccc(C(NC(=O)COC(=O)Cc2coc3cc(C)ccc23)c2ccc(OC)cc2)cc1. The highest BCUT2D eigenvalue weighted by Crippen LogP contribution is 2.26. The lowest BCUT2D eigenvalue weighted by molar-refractivity contribution is -0.148. The van der Waals surface area contributed by atoms with Crippen LogP contribution in [0.2, 0.25) is 0 Å². The summed E-state index contributed by atoms with van der Waals surface area (Å²) in [6.45, 7) is 1.58. The van der Waals surface area contributed by atoms with Crippen molar-refractivity contribution in [2.45, 2.75) is 19.4 Å². The molecular formula is C28H27NO6. The van der Waals surface area contributed by atoms with E-state index in [9.17, 15) is 9.59 Å². The second kappa shape index (κ2) is 10.8. The Balaban J connectivity index is 1.42. The van der Waals surface area contributed by atoms with Crippen LogP contribution in [0.5, 0.6) is 11.5 Å². The standard InChI is InChI=1S/C28H27NO6/c1-18-4-13-24-21(16-34-25(24)14-18)15-27(31)35-17-26(30)29-28(19-5-9-22(32-2)10-6-19)20-7-11-23(33-3)12-8-20/h4-14,16,28H,15,17H2,1-3H3,(H,29,30). The van der Waals surface area contributed by atoms with Crippen LogP contribution in [0.1, 0.15) is 28.3 Å². The number of ether oxygens (including phenoxy) is 3. The van der Waals surface area contributed by atoms with Gasteiger partial charge in [0.15, 0.2) is 6.61 Å². The molecule has 3 aromatic carbocycles. The van der Waals surface area contributed by atoms with E-state index in [0.29, 0.717) is 17.1 Å². The Bertz CT molecular complexity index is 1260. The van der Waals surface area contributed by atoms with Gasteiger partial charge in [0.05, 0.1) is 32.9 Å². The highest BCUT2D eigenvalue weighted by atomic mass is 16.5. The van der Waals surface area contributed by atoms with E-state index in [1.54, 1.807) is 20.5 Å². The van der Waals surface area contributed by atoms with Crippen LogP contribution in [0.4, 0.5) is 0 Å². The summed E-state index contributed by atoms with van der Waals surface area (Å²) in [5.41, 5.74) is 4.22. The molecule has 0 atom stereocenters. The van der Waals surface area contributed by atoms with Gasteiger partial charge in [-0.05, 0) is 53.9 Å². The number of nitrogens with one attached hydrogen (secondary N) is 1. The van der Waals surface area contributed by atoms with Crippen molar-refractivity contribution in [1.82, 2.24) is 5.32 Å². The average molecular weight is 474 g/mol. The Kier molecular flexibility index (Phi) is 7.35. The zero-order valence-corrected chi connectivity index (χ0v) is 19.9. The largest absolute Gasteiger partial charge is 0.497 e. The molecule has 0 fully saturated rings. The van der Waals surface area contributed by atoms with Gasteiger partial charge in [0, 0.05) is 10.9 Å². The number of aryl methyl sites for hydroxylation is 1. The number of furan rings is 1. The van der Waals surface area contributed by atoms with Crippen LogP contribution in [0.15, 0.2) is 77.4 Å². The van der Waals surface area contributed by atoms with E-state index in [-0.39, 0.29) is 6.42 Å². The number of fused-ring (bicyclic) bond motifs is 1. The van der Waals surface area contributed by atoms with Crippen molar-refractivity contribution in [3.63, 3.8) is 0 Å². The Morgan fingerprint density at radius 1 is 0.886 bits per heavy atom. The number of hydrogen-bond donors (Lipinski definition) is 1. The van der Waals surface area contributed by atoms with E-state index in [1.165, 1.54) is 0 Å². The number of carbonyl (C=O) groups is 2. The average Bonchev–Trinajstić information content (AvgIpc) is 3.27. The minimum absolute atomic E-state index is 0.0176. The van der Waals surface area contributed by atoms with Crippen LogP contribution in [0, 0.1) is 6.92 Å². The molecule has 1 N–H and O–H groups in total. The fraction of sp³-hybridized carbons (Fsp3) is 0.214. The van der Waals surface area contributed by atoms with Gasteiger partial charge in [-0.3, -0.25) is 9.59 Å². The van der Waals surface area contributed by atoms with Gasteiger partial charge in [-0.2, -0.15) is 0 Å². The van der Waals surface area contributed by atoms with Crippen LogP contribution in [0.3, 0.4) is 0 Å². The molecule has 0 unspecified atom stereocenters. The summed E-state index contributed by atoms with van der Waals surface area (Å²) in [6.07, 6.45) is 1.57. The molecule has 1 amide bonds. The minimum Gasteiger partial charge on any atom is -0.497 e. The summed E-state index contributed by atoms with van der Waals surface area (Å²) in [4.78, 5) is 25.2. The summed E-state index contributed by atoms with van der Waals surface area (Å²) >= 11 is 0. The molecule has 4 rings (SSSR count). The zero-order chi connectivity index (χ0) is 24.8. The summed E-state index contributed by atoms with van der Waals surface area (Å²) in [5, 5.41) is 3.82. The summed E-state index contributed by atoms with van der Waals surface area (Å²) in [5.74, 6) is 0.505. The Labute approximate surface area is 203 Å². The lowest BCUT2D eigenvalue weighted by Gasteiger charge is -2.20. The van der Waals surface area contributed by atoms with Crippen molar-refractivity contribution in [1.29, 1.82) is 0 Å². The van der Waals surface area contributed by atoms with Crippen molar-refractivity contribution in [3.05, 3.63) is 95.2 Å². The highest BCUT2D eigenvalue weighted by molar-refractivity contribution is 5.87. The lowest BCUT2D eigenvalue weighted by atomic mass is 9.98. The maximum Gasteiger partial charge on any atom is 0.310 e. The van der Waals surface area contributed by atoms with Gasteiger partial charge in [-0.25, -0.2) is 0 Å². The number of amides is 1. The Hall–Kier alpha value is -4.26. The molecule has 1 heterocycles. The fourth-order valence-corrected chi connectivity index (χ4v) is 3.83. The molecule has 7 heteroatoms. The summed E-state index contributed by atoms with van der Waals surface area (Å²) < 4.78 is 21.3. The first kappa shape index (κ1) is 23.9. The van der Waals surface area contributed by atoms with E-state index in [4.69, 9.17) is 18.6 Å². The first-order valence-electron chi connectivity index (χ1n) is 11.2. The third-order valence-corrected chi connectivity index (χ3v) is 5.71. The number of methoxy groups -OCH3 is 2. The van der Waals surface area contributed by atoms with Gasteiger partial charge in [-0.15, -0.1) is 0 Å². The van der Waals surface area contributed by atoms with E-state index in [1.807, 2.05) is 73.7 Å². The number of benzene rings is 3. The fourth-order valence-electron chi connectivity index (χ4n) is 3.83. The Morgan fingerprint density at radius 2 is 1.49 bits per heavy atom. The molecule has 0 aliphatic rings. The van der Waals surface area contributed by atoms with Crippen LogP contribution in [-0.4, -0.2) is 32.7 Å². The second-order valence-electron chi connectivity index (χ2n) is 8.14. The zero-order valence-electron chi connectivity index (χ0n) is 19.9. The minimum atomic E-state index is -0.506. The van der Waals surface area contributed by atoms with Crippen LogP contribution in [0.25, 0.3) is 11.0 Å². The topological polar surface area (TPSA) is 87.0 Å². The molecule has 0 spiro atoms. The van der Waals surface area contributed by atoms with Crippen molar-refractivity contribution in [2.24, 2.45) is 0 Å². The molecular weight excluding hydrogens is 446 g/mol. The molecule has 35 heavy (non-hydrogen) atoms. The molecule has 180 valence electrons.